The van der Waals surface area contributed by atoms with Gasteiger partial charge < -0.3 is 5.32 Å². The summed E-state index contributed by atoms with van der Waals surface area (Å²) in [5.41, 5.74) is 2.84. The third-order valence-corrected chi connectivity index (χ3v) is 2.77. The molecule has 2 rings (SSSR count). The van der Waals surface area contributed by atoms with Crippen LogP contribution in [0.5, 0.6) is 0 Å². The highest BCUT2D eigenvalue weighted by molar-refractivity contribution is 7.72. The molecule has 2 aromatic carbocycles. The van der Waals surface area contributed by atoms with E-state index >= 15 is 0 Å². The number of hydrogen-bond acceptors (Lipinski definition) is 3. The van der Waals surface area contributed by atoms with Crippen LogP contribution in [0.4, 0.5) is 5.69 Å². The molecule has 0 aliphatic rings. The Morgan fingerprint density at radius 2 is 1.76 bits per heavy atom. The van der Waals surface area contributed by atoms with Crippen molar-refractivity contribution in [3.8, 4) is 11.1 Å². The summed E-state index contributed by atoms with van der Waals surface area (Å²) in [7, 11) is -2.42. The molecule has 0 aromatic heterocycles. The van der Waals surface area contributed by atoms with Gasteiger partial charge in [0.05, 0.1) is 0 Å². The predicted molar refractivity (Wildman–Crippen MR) is 69.5 cm³/mol. The minimum atomic E-state index is -2.42. The minimum Gasteiger partial charge on any atom is -0.371 e. The van der Waals surface area contributed by atoms with Gasteiger partial charge in [-0.1, -0.05) is 42.5 Å². The van der Waals surface area contributed by atoms with Crippen molar-refractivity contribution in [1.29, 1.82) is 0 Å². The van der Waals surface area contributed by atoms with Crippen molar-refractivity contribution < 1.29 is 8.42 Å². The topological polar surface area (TPSA) is 46.2 Å². The number of hydrogen-bond donors (Lipinski definition) is 2. The molecule has 2 aromatic rings. The van der Waals surface area contributed by atoms with Gasteiger partial charge in [-0.15, -0.1) is 0 Å². The van der Waals surface area contributed by atoms with E-state index in [9.17, 15) is 8.42 Å². The van der Waals surface area contributed by atoms with Gasteiger partial charge >= 0.3 is 0 Å². The van der Waals surface area contributed by atoms with Gasteiger partial charge in [-0.3, -0.25) is 0 Å². The summed E-state index contributed by atoms with van der Waals surface area (Å²) in [4.78, 5) is 0. The molecular formula is C13H12NO2S. The third-order valence-electron chi connectivity index (χ3n) is 2.35. The fourth-order valence-corrected chi connectivity index (χ4v) is 1.90. The molecular weight excluding hydrogens is 234 g/mol. The van der Waals surface area contributed by atoms with E-state index in [1.54, 1.807) is 0 Å². The van der Waals surface area contributed by atoms with Crippen molar-refractivity contribution in [2.75, 3.05) is 11.2 Å². The molecule has 0 bridgehead atoms. The summed E-state index contributed by atoms with van der Waals surface area (Å²) in [5.74, 6) is -0.0503. The molecule has 0 heterocycles. The normalized spacial score (nSPS) is 10.4. The number of rotatable bonds is 4. The fourth-order valence-electron chi connectivity index (χ4n) is 1.61. The first kappa shape index (κ1) is 11.7. The first-order valence-electron chi connectivity index (χ1n) is 5.18. The van der Waals surface area contributed by atoms with Crippen LogP contribution in [0, 0.1) is 6.07 Å². The van der Waals surface area contributed by atoms with E-state index in [1.165, 1.54) is 0 Å². The summed E-state index contributed by atoms with van der Waals surface area (Å²) in [6.07, 6.45) is 0. The van der Waals surface area contributed by atoms with Crippen LogP contribution in [-0.2, 0) is 10.7 Å². The fraction of sp³-hybridized carbons (Fsp3) is 0.0769. The lowest BCUT2D eigenvalue weighted by Gasteiger charge is -2.09. The molecule has 17 heavy (non-hydrogen) atoms. The van der Waals surface area contributed by atoms with E-state index in [-0.39, 0.29) is 5.88 Å². The summed E-state index contributed by atoms with van der Waals surface area (Å²) in [5, 5.41) is 2.90. The van der Waals surface area contributed by atoms with Crippen LogP contribution in [0.25, 0.3) is 11.1 Å². The van der Waals surface area contributed by atoms with Crippen LogP contribution in [0.15, 0.2) is 48.5 Å². The maximum atomic E-state index is 10.6. The van der Waals surface area contributed by atoms with Gasteiger partial charge in [-0.2, -0.15) is 0 Å². The van der Waals surface area contributed by atoms with E-state index in [1.807, 2.05) is 48.5 Å². The summed E-state index contributed by atoms with van der Waals surface area (Å²) in [6.45, 7) is 0. The van der Waals surface area contributed by atoms with Crippen LogP contribution < -0.4 is 5.32 Å². The second-order valence-electron chi connectivity index (χ2n) is 3.50. The van der Waals surface area contributed by atoms with Crippen molar-refractivity contribution in [2.45, 2.75) is 0 Å². The first-order chi connectivity index (χ1) is 8.27. The van der Waals surface area contributed by atoms with Gasteiger partial charge in [0.25, 0.3) is 0 Å². The van der Waals surface area contributed by atoms with Crippen molar-refractivity contribution in [1.82, 2.24) is 0 Å². The van der Waals surface area contributed by atoms with Gasteiger partial charge in [-0.25, -0.2) is 8.42 Å². The van der Waals surface area contributed by atoms with Gasteiger partial charge in [0.15, 0.2) is 10.7 Å². The third kappa shape index (κ3) is 3.07. The van der Waals surface area contributed by atoms with E-state index in [4.69, 9.17) is 0 Å². The molecule has 4 heteroatoms. The maximum absolute atomic E-state index is 10.6. The minimum absolute atomic E-state index is 0.0503. The molecule has 1 N–H and O–H groups in total. The average molecular weight is 246 g/mol. The Morgan fingerprint density at radius 3 is 2.47 bits per heavy atom. The van der Waals surface area contributed by atoms with Gasteiger partial charge in [-0.05, 0) is 17.7 Å². The monoisotopic (exact) mass is 246 g/mol. The van der Waals surface area contributed by atoms with Crippen LogP contribution in [-0.4, -0.2) is 14.3 Å². The second kappa shape index (κ2) is 5.50. The van der Waals surface area contributed by atoms with Crippen LogP contribution in [0.2, 0.25) is 0 Å². The Labute approximate surface area is 102 Å². The average Bonchev–Trinajstić information content (AvgIpc) is 2.38. The lowest BCUT2D eigenvalue weighted by atomic mass is 10.0. The van der Waals surface area contributed by atoms with Gasteiger partial charge in [0.1, 0.15) is 5.88 Å². The number of thiol groups is 1. The van der Waals surface area contributed by atoms with Crippen molar-refractivity contribution in [3.05, 3.63) is 54.6 Å². The molecule has 0 atom stereocenters. The Balaban J connectivity index is 2.34. The lowest BCUT2D eigenvalue weighted by Crippen LogP contribution is -2.03. The molecule has 0 saturated heterocycles. The molecule has 0 spiro atoms. The highest BCUT2D eigenvalue weighted by Gasteiger charge is 2.03. The van der Waals surface area contributed by atoms with Crippen LogP contribution >= 0.6 is 0 Å². The maximum Gasteiger partial charge on any atom is 0.158 e. The predicted octanol–water partition coefficient (Wildman–Crippen LogP) is 2.13. The zero-order valence-corrected chi connectivity index (χ0v) is 9.98. The Bertz CT molecular complexity index is 557. The molecule has 0 saturated carbocycles. The largest absolute Gasteiger partial charge is 0.371 e. The van der Waals surface area contributed by atoms with Crippen molar-refractivity contribution in [2.24, 2.45) is 0 Å². The summed E-state index contributed by atoms with van der Waals surface area (Å²) < 4.78 is 21.2. The highest BCUT2D eigenvalue weighted by Crippen LogP contribution is 2.27. The number of benzene rings is 2. The molecule has 0 unspecified atom stereocenters. The van der Waals surface area contributed by atoms with Gasteiger partial charge in [0.2, 0.25) is 0 Å². The standard InChI is InChI=1S/C13H12NO2S/c15-17(16)10-14-13-9-5-4-8-12(13)11-6-2-1-3-7-11/h2-9,14,17H,10H2. The molecule has 1 radical (unpaired) electrons. The smallest absolute Gasteiger partial charge is 0.158 e. The molecule has 87 valence electrons. The molecule has 0 aliphatic carbocycles. The lowest BCUT2D eigenvalue weighted by molar-refractivity contribution is 0.616. The van der Waals surface area contributed by atoms with Crippen LogP contribution in [0.1, 0.15) is 0 Å². The van der Waals surface area contributed by atoms with Crippen molar-refractivity contribution in [3.63, 3.8) is 0 Å². The quantitative estimate of drug-likeness (QED) is 0.812. The SMILES string of the molecule is O=[SH](=O)CNc1ccccc1-c1cc[c]cc1. The molecule has 3 nitrogen and oxygen atoms in total. The van der Waals surface area contributed by atoms with E-state index < -0.39 is 10.7 Å². The Hall–Kier alpha value is -1.81. The van der Waals surface area contributed by atoms with Crippen molar-refractivity contribution >= 4 is 16.4 Å². The molecule has 0 amide bonds. The molecule has 0 fully saturated rings. The van der Waals surface area contributed by atoms with E-state index in [0.29, 0.717) is 0 Å². The van der Waals surface area contributed by atoms with Crippen LogP contribution in [0.3, 0.4) is 0 Å². The second-order valence-corrected chi connectivity index (χ2v) is 4.48. The van der Waals surface area contributed by atoms with Gasteiger partial charge in [0, 0.05) is 11.3 Å². The van der Waals surface area contributed by atoms with E-state index in [0.717, 1.165) is 16.8 Å². The number of anilines is 1. The zero-order chi connectivity index (χ0) is 12.1. The Morgan fingerprint density at radius 1 is 1.06 bits per heavy atom. The summed E-state index contributed by atoms with van der Waals surface area (Å²) in [6, 6.07) is 18.1. The number of nitrogens with one attached hydrogen (secondary N) is 1. The van der Waals surface area contributed by atoms with E-state index in [2.05, 4.69) is 11.4 Å². The zero-order valence-electron chi connectivity index (χ0n) is 9.09. The Kier molecular flexibility index (Phi) is 3.77. The first-order valence-corrected chi connectivity index (χ1v) is 6.55. The highest BCUT2D eigenvalue weighted by atomic mass is 32.2. The molecule has 0 aliphatic heterocycles. The number of para-hydroxylation sites is 1. The summed E-state index contributed by atoms with van der Waals surface area (Å²) >= 11 is 0.